The zero-order chi connectivity index (χ0) is 11.4. The maximum absolute atomic E-state index is 10.3. The van der Waals surface area contributed by atoms with Crippen LogP contribution in [0.3, 0.4) is 0 Å². The fourth-order valence-electron chi connectivity index (χ4n) is 1.78. The molecule has 7 nitrogen and oxygen atoms in total. The third-order valence-corrected chi connectivity index (χ3v) is 2.45. The average Bonchev–Trinajstić information content (AvgIpc) is 2.08. The molecule has 0 spiro atoms. The normalized spacial score (nSPS) is 30.6. The van der Waals surface area contributed by atoms with E-state index in [4.69, 9.17) is 10.2 Å². The van der Waals surface area contributed by atoms with Crippen LogP contribution in [0.1, 0.15) is 19.3 Å². The van der Waals surface area contributed by atoms with Gasteiger partial charge in [-0.3, -0.25) is 0 Å². The molecule has 0 unspecified atom stereocenters. The topological polar surface area (TPSA) is 119 Å². The van der Waals surface area contributed by atoms with Gasteiger partial charge >= 0.3 is 12.2 Å². The maximum atomic E-state index is 10.3. The van der Waals surface area contributed by atoms with Crippen LogP contribution in [0.5, 0.6) is 0 Å². The van der Waals surface area contributed by atoms with Crippen molar-refractivity contribution in [1.29, 1.82) is 0 Å². The van der Waals surface area contributed by atoms with Gasteiger partial charge in [-0.1, -0.05) is 0 Å². The summed E-state index contributed by atoms with van der Waals surface area (Å²) in [6.45, 7) is 0. The molecule has 3 atom stereocenters. The molecule has 0 heterocycles. The second kappa shape index (κ2) is 4.83. The van der Waals surface area contributed by atoms with Gasteiger partial charge in [0.2, 0.25) is 0 Å². The van der Waals surface area contributed by atoms with Crippen molar-refractivity contribution >= 4 is 12.2 Å². The molecule has 0 aromatic carbocycles. The molecule has 5 N–H and O–H groups in total. The minimum absolute atomic E-state index is 0.233. The summed E-state index contributed by atoms with van der Waals surface area (Å²) >= 11 is 0. The molecule has 1 saturated carbocycles. The SMILES string of the molecule is O=C(O)N[C@H]1CC[C@H](NC(=O)O)[C@@H](O)C1. The number of aliphatic hydroxyl groups excluding tert-OH is 1. The Hall–Kier alpha value is -1.50. The van der Waals surface area contributed by atoms with E-state index in [1.165, 1.54) is 0 Å². The summed E-state index contributed by atoms with van der Waals surface area (Å²) in [5.41, 5.74) is 0. The van der Waals surface area contributed by atoms with Crippen molar-refractivity contribution in [2.75, 3.05) is 0 Å². The van der Waals surface area contributed by atoms with E-state index in [1.54, 1.807) is 0 Å². The van der Waals surface area contributed by atoms with Crippen molar-refractivity contribution in [3.8, 4) is 0 Å². The van der Waals surface area contributed by atoms with E-state index in [2.05, 4.69) is 10.6 Å². The molecule has 0 radical (unpaired) electrons. The minimum atomic E-state index is -1.18. The Bertz CT molecular complexity index is 257. The molecule has 1 aliphatic rings. The van der Waals surface area contributed by atoms with E-state index in [0.29, 0.717) is 12.8 Å². The first-order chi connectivity index (χ1) is 6.99. The Morgan fingerprint density at radius 2 is 1.67 bits per heavy atom. The Labute approximate surface area is 86.1 Å². The van der Waals surface area contributed by atoms with Gasteiger partial charge in [0.15, 0.2) is 0 Å². The van der Waals surface area contributed by atoms with Crippen LogP contribution in [0.2, 0.25) is 0 Å². The van der Waals surface area contributed by atoms with Crippen LogP contribution in [0, 0.1) is 0 Å². The summed E-state index contributed by atoms with van der Waals surface area (Å²) < 4.78 is 0. The van der Waals surface area contributed by atoms with Gasteiger partial charge in [0, 0.05) is 6.04 Å². The lowest BCUT2D eigenvalue weighted by molar-refractivity contribution is 0.0732. The molecule has 1 rings (SSSR count). The van der Waals surface area contributed by atoms with E-state index in [9.17, 15) is 14.7 Å². The van der Waals surface area contributed by atoms with Gasteiger partial charge in [-0.2, -0.15) is 0 Å². The predicted octanol–water partition coefficient (Wildman–Crippen LogP) is -0.196. The molecule has 1 fully saturated rings. The molecule has 1 aliphatic carbocycles. The Balaban J connectivity index is 2.40. The van der Waals surface area contributed by atoms with E-state index >= 15 is 0 Å². The zero-order valence-corrected chi connectivity index (χ0v) is 8.01. The van der Waals surface area contributed by atoms with Gasteiger partial charge in [0.25, 0.3) is 0 Å². The van der Waals surface area contributed by atoms with Crippen LogP contribution in [0.15, 0.2) is 0 Å². The number of carbonyl (C=O) groups is 2. The fourth-order valence-corrected chi connectivity index (χ4v) is 1.78. The van der Waals surface area contributed by atoms with Gasteiger partial charge in [-0.25, -0.2) is 9.59 Å². The molecule has 86 valence electrons. The smallest absolute Gasteiger partial charge is 0.404 e. The van der Waals surface area contributed by atoms with E-state index in [0.717, 1.165) is 0 Å². The third kappa shape index (κ3) is 3.62. The minimum Gasteiger partial charge on any atom is -0.465 e. The Kier molecular flexibility index (Phi) is 3.73. The number of aliphatic hydroxyl groups is 1. The summed E-state index contributed by atoms with van der Waals surface area (Å²) in [4.78, 5) is 20.7. The molecule has 15 heavy (non-hydrogen) atoms. The summed E-state index contributed by atoms with van der Waals surface area (Å²) in [6, 6.07) is -0.807. The molecular formula is C8H14N2O5. The molecule has 7 heteroatoms. The summed E-state index contributed by atoms with van der Waals surface area (Å²) in [5.74, 6) is 0. The molecule has 0 saturated heterocycles. The van der Waals surface area contributed by atoms with Gasteiger partial charge in [-0.05, 0) is 19.3 Å². The largest absolute Gasteiger partial charge is 0.465 e. The highest BCUT2D eigenvalue weighted by atomic mass is 16.4. The Morgan fingerprint density at radius 1 is 1.07 bits per heavy atom. The van der Waals surface area contributed by atoms with Crippen molar-refractivity contribution in [3.05, 3.63) is 0 Å². The van der Waals surface area contributed by atoms with Crippen LogP contribution in [-0.4, -0.2) is 45.7 Å². The Morgan fingerprint density at radius 3 is 2.13 bits per heavy atom. The number of hydrogen-bond donors (Lipinski definition) is 5. The van der Waals surface area contributed by atoms with E-state index in [-0.39, 0.29) is 12.5 Å². The second-order valence-electron chi connectivity index (χ2n) is 3.58. The van der Waals surface area contributed by atoms with Crippen LogP contribution in [0.25, 0.3) is 0 Å². The fraction of sp³-hybridized carbons (Fsp3) is 0.750. The summed E-state index contributed by atoms with van der Waals surface area (Å²) in [6.07, 6.45) is -1.96. The van der Waals surface area contributed by atoms with Crippen molar-refractivity contribution in [2.45, 2.75) is 37.5 Å². The number of rotatable bonds is 2. The second-order valence-corrected chi connectivity index (χ2v) is 3.58. The van der Waals surface area contributed by atoms with Crippen molar-refractivity contribution in [3.63, 3.8) is 0 Å². The van der Waals surface area contributed by atoms with Crippen molar-refractivity contribution in [1.82, 2.24) is 10.6 Å². The van der Waals surface area contributed by atoms with Crippen LogP contribution >= 0.6 is 0 Å². The van der Waals surface area contributed by atoms with Crippen LogP contribution in [-0.2, 0) is 0 Å². The van der Waals surface area contributed by atoms with Crippen molar-refractivity contribution < 1.29 is 24.9 Å². The average molecular weight is 218 g/mol. The van der Waals surface area contributed by atoms with Crippen LogP contribution in [0.4, 0.5) is 9.59 Å². The van der Waals surface area contributed by atoms with E-state index < -0.39 is 24.3 Å². The molecule has 0 aromatic rings. The molecular weight excluding hydrogens is 204 g/mol. The van der Waals surface area contributed by atoms with Gasteiger partial charge in [-0.15, -0.1) is 0 Å². The summed E-state index contributed by atoms with van der Waals surface area (Å²) in [5, 5.41) is 30.9. The van der Waals surface area contributed by atoms with Gasteiger partial charge in [0.05, 0.1) is 12.1 Å². The first-order valence-electron chi connectivity index (χ1n) is 4.66. The number of amides is 2. The quantitative estimate of drug-likeness (QED) is 0.440. The third-order valence-electron chi connectivity index (χ3n) is 2.45. The first-order valence-corrected chi connectivity index (χ1v) is 4.66. The number of nitrogens with one attached hydrogen (secondary N) is 2. The number of carboxylic acid groups (broad SMARTS) is 2. The van der Waals surface area contributed by atoms with E-state index in [1.807, 2.05) is 0 Å². The number of hydrogen-bond acceptors (Lipinski definition) is 3. The first kappa shape index (κ1) is 11.6. The maximum Gasteiger partial charge on any atom is 0.404 e. The zero-order valence-electron chi connectivity index (χ0n) is 8.01. The van der Waals surface area contributed by atoms with Gasteiger partial charge in [0.1, 0.15) is 0 Å². The molecule has 2 amide bonds. The highest BCUT2D eigenvalue weighted by Gasteiger charge is 2.30. The van der Waals surface area contributed by atoms with Crippen molar-refractivity contribution in [2.24, 2.45) is 0 Å². The lowest BCUT2D eigenvalue weighted by Crippen LogP contribution is -2.51. The van der Waals surface area contributed by atoms with Crippen LogP contribution < -0.4 is 10.6 Å². The highest BCUT2D eigenvalue weighted by molar-refractivity contribution is 5.65. The summed E-state index contributed by atoms with van der Waals surface area (Å²) in [7, 11) is 0. The molecule has 0 bridgehead atoms. The van der Waals surface area contributed by atoms with Gasteiger partial charge < -0.3 is 26.0 Å². The molecule has 0 aromatic heterocycles. The lowest BCUT2D eigenvalue weighted by Gasteiger charge is -2.32. The predicted molar refractivity (Wildman–Crippen MR) is 49.8 cm³/mol. The lowest BCUT2D eigenvalue weighted by atomic mass is 9.89. The highest BCUT2D eigenvalue weighted by Crippen LogP contribution is 2.19. The monoisotopic (exact) mass is 218 g/mol. The molecule has 0 aliphatic heterocycles. The standard InChI is InChI=1S/C8H14N2O5/c11-6-3-4(9-7(12)13)1-2-5(6)10-8(14)15/h4-6,9-11H,1-3H2,(H,12,13)(H,14,15)/t4-,5-,6-/m0/s1.